The van der Waals surface area contributed by atoms with Gasteiger partial charge in [0, 0.05) is 46.5 Å². The van der Waals surface area contributed by atoms with Crippen molar-refractivity contribution in [3.63, 3.8) is 0 Å². The minimum atomic E-state index is 0.0269. The first-order chi connectivity index (χ1) is 26.8. The van der Waals surface area contributed by atoms with E-state index in [-0.39, 0.29) is 11.6 Å². The molecule has 270 valence electrons. The monoisotopic (exact) mass is 756 g/mol. The SMILES string of the molecule is C#CCn1cc(-c2ccc(CC(=O)c3cscn3)cc2)nc1-c1cccc(C)c1.Cc1cccc(-c2ncc(-c3ccc(CC(=O)c4cscn4)cc3)[nH]2)c1. The van der Waals surface area contributed by atoms with E-state index in [1.807, 2.05) is 89.8 Å². The van der Waals surface area contributed by atoms with Crippen molar-refractivity contribution in [2.45, 2.75) is 33.2 Å². The van der Waals surface area contributed by atoms with Crippen LogP contribution >= 0.6 is 22.7 Å². The Bertz CT molecular complexity index is 2580. The Morgan fingerprint density at radius 2 is 1.27 bits per heavy atom. The fraction of sp³-hybridized carbons (Fsp3) is 0.111. The molecule has 0 amide bonds. The van der Waals surface area contributed by atoms with Crippen LogP contribution in [0.15, 0.2) is 131 Å². The van der Waals surface area contributed by atoms with Crippen LogP contribution < -0.4 is 0 Å². The van der Waals surface area contributed by atoms with Crippen LogP contribution in [0.3, 0.4) is 0 Å². The van der Waals surface area contributed by atoms with Crippen LogP contribution in [0.5, 0.6) is 0 Å². The van der Waals surface area contributed by atoms with Gasteiger partial charge in [-0.15, -0.1) is 29.1 Å². The largest absolute Gasteiger partial charge is 0.338 e. The molecule has 0 aliphatic heterocycles. The number of aryl methyl sites for hydroxylation is 2. The molecule has 0 spiro atoms. The molecule has 4 aromatic carbocycles. The highest BCUT2D eigenvalue weighted by Crippen LogP contribution is 2.27. The molecule has 0 aliphatic carbocycles. The summed E-state index contributed by atoms with van der Waals surface area (Å²) in [5.74, 6) is 4.47. The number of nitrogens with one attached hydrogen (secondary N) is 1. The summed E-state index contributed by atoms with van der Waals surface area (Å²) >= 11 is 2.86. The number of benzene rings is 4. The van der Waals surface area contributed by atoms with E-state index in [1.165, 1.54) is 33.8 Å². The Hall–Kier alpha value is -6.54. The summed E-state index contributed by atoms with van der Waals surface area (Å²) in [6, 6.07) is 32.4. The molecule has 0 saturated heterocycles. The number of Topliss-reactive ketones (excluding diaryl/α,β-unsaturated/α-hetero) is 2. The average molecular weight is 757 g/mol. The predicted octanol–water partition coefficient (Wildman–Crippen LogP) is 9.97. The summed E-state index contributed by atoms with van der Waals surface area (Å²) in [6.45, 7) is 4.58. The van der Waals surface area contributed by atoms with Crippen molar-refractivity contribution in [2.24, 2.45) is 0 Å². The van der Waals surface area contributed by atoms with Crippen molar-refractivity contribution in [1.82, 2.24) is 29.5 Å². The number of aromatic amines is 1. The number of H-pyrrole nitrogens is 1. The summed E-state index contributed by atoms with van der Waals surface area (Å²) in [6.07, 6.45) is 10.1. The van der Waals surface area contributed by atoms with Crippen LogP contribution in [0.25, 0.3) is 45.3 Å². The molecule has 0 fully saturated rings. The number of hydrogen-bond donors (Lipinski definition) is 1. The van der Waals surface area contributed by atoms with Crippen molar-refractivity contribution < 1.29 is 9.59 Å². The molecule has 4 aromatic heterocycles. The zero-order valence-corrected chi connectivity index (χ0v) is 31.9. The number of carbonyl (C=O) groups excluding carboxylic acids is 2. The van der Waals surface area contributed by atoms with Crippen LogP contribution in [-0.2, 0) is 19.4 Å². The van der Waals surface area contributed by atoms with Gasteiger partial charge < -0.3 is 9.55 Å². The molecule has 4 heterocycles. The topological polar surface area (TPSA) is 106 Å². The van der Waals surface area contributed by atoms with E-state index in [0.717, 1.165) is 56.4 Å². The Morgan fingerprint density at radius 3 is 1.82 bits per heavy atom. The summed E-state index contributed by atoms with van der Waals surface area (Å²) in [5, 5.41) is 3.57. The lowest BCUT2D eigenvalue weighted by atomic mass is 10.0. The first-order valence-electron chi connectivity index (χ1n) is 17.5. The van der Waals surface area contributed by atoms with Crippen molar-refractivity contribution in [3.8, 4) is 57.6 Å². The number of nitrogens with zero attached hydrogens (tertiary/aromatic N) is 5. The summed E-state index contributed by atoms with van der Waals surface area (Å²) in [4.78, 5) is 45.2. The highest BCUT2D eigenvalue weighted by molar-refractivity contribution is 7.08. The average Bonchev–Trinajstić information content (AvgIpc) is 4.04. The van der Waals surface area contributed by atoms with E-state index in [2.05, 4.69) is 64.0 Å². The van der Waals surface area contributed by atoms with Gasteiger partial charge in [0.15, 0.2) is 11.6 Å². The maximum atomic E-state index is 12.2. The van der Waals surface area contributed by atoms with Gasteiger partial charge in [0.05, 0.1) is 35.2 Å². The standard InChI is InChI=1S/C24H19N3OS.C21H17N3OS/c1-3-11-27-14-21(26-24(27)20-6-4-5-17(2)12-20)19-9-7-18(8-10-19)13-23(28)22-15-29-16-25-22;1-14-3-2-4-17(9-14)21-22-11-18(24-21)16-7-5-15(6-8-16)10-20(25)19-12-26-13-23-19/h1,4-10,12,14-16H,11,13H2,2H3;2-9,11-13H,10H2,1H3,(H,22,24). The zero-order valence-electron chi connectivity index (χ0n) is 30.3. The number of imidazole rings is 2. The highest BCUT2D eigenvalue weighted by atomic mass is 32.1. The molecular formula is C45H36N6O2S2. The molecule has 0 atom stereocenters. The van der Waals surface area contributed by atoms with Crippen molar-refractivity contribution >= 4 is 34.2 Å². The van der Waals surface area contributed by atoms with Crippen molar-refractivity contribution in [2.75, 3.05) is 0 Å². The second kappa shape index (κ2) is 17.1. The summed E-state index contributed by atoms with van der Waals surface area (Å²) < 4.78 is 1.99. The Labute approximate surface area is 327 Å². The molecule has 0 unspecified atom stereocenters. The fourth-order valence-corrected chi connectivity index (χ4v) is 7.16. The van der Waals surface area contributed by atoms with Crippen LogP contribution in [0.4, 0.5) is 0 Å². The zero-order chi connectivity index (χ0) is 38.1. The van der Waals surface area contributed by atoms with Gasteiger partial charge in [-0.2, -0.15) is 0 Å². The number of hydrogen-bond acceptors (Lipinski definition) is 8. The lowest BCUT2D eigenvalue weighted by Crippen LogP contribution is -2.03. The molecular weight excluding hydrogens is 721 g/mol. The van der Waals surface area contributed by atoms with Gasteiger partial charge in [-0.05, 0) is 42.7 Å². The summed E-state index contributed by atoms with van der Waals surface area (Å²) in [7, 11) is 0. The van der Waals surface area contributed by atoms with Crippen molar-refractivity contribution in [1.29, 1.82) is 0 Å². The lowest BCUT2D eigenvalue weighted by molar-refractivity contribution is 0.0981. The molecule has 1 N–H and O–H groups in total. The number of thiazole rings is 2. The second-order valence-corrected chi connectivity index (χ2v) is 14.4. The van der Waals surface area contributed by atoms with E-state index in [0.29, 0.717) is 30.8 Å². The lowest BCUT2D eigenvalue weighted by Gasteiger charge is -2.04. The third-order valence-corrected chi connectivity index (χ3v) is 10.0. The number of aromatic nitrogens is 6. The maximum Gasteiger partial charge on any atom is 0.186 e. The molecule has 8 rings (SSSR count). The number of rotatable bonds is 11. The van der Waals surface area contributed by atoms with Gasteiger partial charge in [0.1, 0.15) is 23.0 Å². The molecule has 0 radical (unpaired) electrons. The fourth-order valence-electron chi connectivity index (χ4n) is 6.04. The Morgan fingerprint density at radius 1 is 0.709 bits per heavy atom. The molecule has 8 aromatic rings. The quantitative estimate of drug-likeness (QED) is 0.104. The van der Waals surface area contributed by atoms with E-state index < -0.39 is 0 Å². The van der Waals surface area contributed by atoms with E-state index in [1.54, 1.807) is 21.8 Å². The van der Waals surface area contributed by atoms with Gasteiger partial charge in [-0.3, -0.25) is 9.59 Å². The van der Waals surface area contributed by atoms with Gasteiger partial charge in [-0.25, -0.2) is 19.9 Å². The molecule has 8 nitrogen and oxygen atoms in total. The van der Waals surface area contributed by atoms with E-state index in [4.69, 9.17) is 11.4 Å². The van der Waals surface area contributed by atoms with Crippen LogP contribution in [-0.4, -0.2) is 41.1 Å². The van der Waals surface area contributed by atoms with E-state index >= 15 is 0 Å². The maximum absolute atomic E-state index is 12.2. The molecule has 10 heteroatoms. The third-order valence-electron chi connectivity index (χ3n) is 8.86. The Balaban J connectivity index is 0.000000170. The predicted molar refractivity (Wildman–Crippen MR) is 221 cm³/mol. The van der Waals surface area contributed by atoms with Crippen LogP contribution in [0.2, 0.25) is 0 Å². The van der Waals surface area contributed by atoms with Crippen LogP contribution in [0.1, 0.15) is 43.2 Å². The van der Waals surface area contributed by atoms with Gasteiger partial charge in [0.25, 0.3) is 0 Å². The number of carbonyl (C=O) groups is 2. The summed E-state index contributed by atoms with van der Waals surface area (Å²) in [5.41, 5.74) is 14.7. The third kappa shape index (κ3) is 9.16. The Kier molecular flexibility index (Phi) is 11.4. The minimum Gasteiger partial charge on any atom is -0.338 e. The normalized spacial score (nSPS) is 10.7. The number of terminal acetylenes is 1. The van der Waals surface area contributed by atoms with Gasteiger partial charge in [-0.1, -0.05) is 102 Å². The smallest absolute Gasteiger partial charge is 0.186 e. The van der Waals surface area contributed by atoms with Gasteiger partial charge in [0.2, 0.25) is 0 Å². The first-order valence-corrected chi connectivity index (χ1v) is 19.4. The molecule has 55 heavy (non-hydrogen) atoms. The highest BCUT2D eigenvalue weighted by Gasteiger charge is 2.14. The second-order valence-electron chi connectivity index (χ2n) is 13.0. The van der Waals surface area contributed by atoms with Crippen molar-refractivity contribution in [3.05, 3.63) is 165 Å². The van der Waals surface area contributed by atoms with E-state index in [9.17, 15) is 9.59 Å². The first kappa shape index (κ1) is 36.8. The van der Waals surface area contributed by atoms with Gasteiger partial charge >= 0.3 is 0 Å². The molecule has 0 aliphatic rings. The number of ketones is 2. The minimum absolute atomic E-state index is 0.0269. The molecule has 0 bridgehead atoms. The van der Waals surface area contributed by atoms with Crippen LogP contribution in [0, 0.1) is 26.2 Å². The molecule has 0 saturated carbocycles.